The average molecular weight is 414 g/mol. The van der Waals surface area contributed by atoms with Crippen LogP contribution in [0.3, 0.4) is 0 Å². The molecule has 5 heteroatoms. The maximum absolute atomic E-state index is 12.8. The van der Waals surface area contributed by atoms with Gasteiger partial charge in [0.2, 0.25) is 0 Å². The lowest BCUT2D eigenvalue weighted by atomic mass is 10.1. The van der Waals surface area contributed by atoms with Crippen molar-refractivity contribution in [2.45, 2.75) is 26.4 Å². The van der Waals surface area contributed by atoms with Gasteiger partial charge in [0.05, 0.1) is 11.3 Å². The van der Waals surface area contributed by atoms with Crippen LogP contribution >= 0.6 is 11.3 Å². The van der Waals surface area contributed by atoms with Gasteiger partial charge in [0.15, 0.2) is 0 Å². The standard InChI is InChI=1S/C25H23N3OS/c1-17-7-9-18(10-8-17)23-12-11-20(30-23)15-28-14-13-22-21(16-28)25(29)27-24(26-22)19-5-3-2-4-6-19/h2-12H,13-16H2,1H3,(H,26,27,29). The first-order valence-corrected chi connectivity index (χ1v) is 11.0. The number of thiophene rings is 1. The Morgan fingerprint density at radius 1 is 1.00 bits per heavy atom. The molecule has 4 nitrogen and oxygen atoms in total. The summed E-state index contributed by atoms with van der Waals surface area (Å²) in [6.07, 6.45) is 0.801. The summed E-state index contributed by atoms with van der Waals surface area (Å²) in [7, 11) is 0. The maximum atomic E-state index is 12.8. The largest absolute Gasteiger partial charge is 0.306 e. The smallest absolute Gasteiger partial charge is 0.255 e. The highest BCUT2D eigenvalue weighted by molar-refractivity contribution is 7.15. The number of aryl methyl sites for hydroxylation is 1. The van der Waals surface area contributed by atoms with Gasteiger partial charge in [0, 0.05) is 41.4 Å². The van der Waals surface area contributed by atoms with E-state index in [9.17, 15) is 4.79 Å². The third-order valence-corrected chi connectivity index (χ3v) is 6.69. The van der Waals surface area contributed by atoms with Crippen LogP contribution in [0.2, 0.25) is 0 Å². The van der Waals surface area contributed by atoms with Crippen LogP contribution in [0.25, 0.3) is 21.8 Å². The van der Waals surface area contributed by atoms with Gasteiger partial charge in [0.1, 0.15) is 5.82 Å². The lowest BCUT2D eigenvalue weighted by molar-refractivity contribution is 0.244. The molecule has 5 rings (SSSR count). The summed E-state index contributed by atoms with van der Waals surface area (Å²) >= 11 is 1.83. The minimum Gasteiger partial charge on any atom is -0.306 e. The number of hydrogen-bond donors (Lipinski definition) is 1. The van der Waals surface area contributed by atoms with Crippen molar-refractivity contribution in [2.24, 2.45) is 0 Å². The van der Waals surface area contributed by atoms with E-state index >= 15 is 0 Å². The van der Waals surface area contributed by atoms with E-state index in [1.807, 2.05) is 41.7 Å². The molecule has 1 aliphatic heterocycles. The summed E-state index contributed by atoms with van der Waals surface area (Å²) in [5.74, 6) is 0.661. The van der Waals surface area contributed by atoms with Gasteiger partial charge in [-0.25, -0.2) is 4.98 Å². The van der Waals surface area contributed by atoms with E-state index in [4.69, 9.17) is 4.98 Å². The fourth-order valence-electron chi connectivity index (χ4n) is 3.90. The maximum Gasteiger partial charge on any atom is 0.255 e. The average Bonchev–Trinajstić information content (AvgIpc) is 3.23. The fraction of sp³-hybridized carbons (Fsp3) is 0.200. The number of hydrogen-bond acceptors (Lipinski definition) is 4. The molecule has 3 heterocycles. The Balaban J connectivity index is 1.33. The normalized spacial score (nSPS) is 13.9. The lowest BCUT2D eigenvalue weighted by Crippen LogP contribution is -2.35. The molecule has 1 aliphatic rings. The Hall–Kier alpha value is -3.02. The topological polar surface area (TPSA) is 49.0 Å². The number of rotatable bonds is 4. The molecule has 0 atom stereocenters. The van der Waals surface area contributed by atoms with Crippen molar-refractivity contribution in [3.8, 4) is 21.8 Å². The van der Waals surface area contributed by atoms with Crippen LogP contribution in [0.15, 0.2) is 71.5 Å². The number of nitrogens with zero attached hydrogens (tertiary/aromatic N) is 2. The van der Waals surface area contributed by atoms with Crippen LogP contribution in [0.4, 0.5) is 0 Å². The molecule has 2 aromatic carbocycles. The van der Waals surface area contributed by atoms with Crippen molar-refractivity contribution in [3.63, 3.8) is 0 Å². The number of H-pyrrole nitrogens is 1. The lowest BCUT2D eigenvalue weighted by Gasteiger charge is -2.27. The minimum atomic E-state index is -0.0184. The number of benzene rings is 2. The molecule has 0 radical (unpaired) electrons. The summed E-state index contributed by atoms with van der Waals surface area (Å²) < 4.78 is 0. The second-order valence-corrected chi connectivity index (χ2v) is 8.97. The quantitative estimate of drug-likeness (QED) is 0.510. The van der Waals surface area contributed by atoms with Crippen LogP contribution in [0.5, 0.6) is 0 Å². The van der Waals surface area contributed by atoms with Gasteiger partial charge in [-0.15, -0.1) is 11.3 Å². The first-order chi connectivity index (χ1) is 14.7. The number of aromatic nitrogens is 2. The van der Waals surface area contributed by atoms with Gasteiger partial charge in [-0.05, 0) is 24.6 Å². The number of nitrogens with one attached hydrogen (secondary N) is 1. The third kappa shape index (κ3) is 3.86. The number of aromatic amines is 1. The first kappa shape index (κ1) is 19.0. The van der Waals surface area contributed by atoms with E-state index in [1.165, 1.54) is 20.9 Å². The monoisotopic (exact) mass is 413 g/mol. The van der Waals surface area contributed by atoms with Crippen LogP contribution in [0.1, 0.15) is 21.7 Å². The summed E-state index contributed by atoms with van der Waals surface area (Å²) in [5.41, 5.74) is 5.19. The SMILES string of the molecule is Cc1ccc(-c2ccc(CN3CCc4nc(-c5ccccc5)[nH]c(=O)c4C3)s2)cc1. The zero-order valence-electron chi connectivity index (χ0n) is 16.9. The molecule has 0 saturated heterocycles. The second kappa shape index (κ2) is 8.01. The molecule has 30 heavy (non-hydrogen) atoms. The molecule has 4 aromatic rings. The molecule has 2 aromatic heterocycles. The fourth-order valence-corrected chi connectivity index (χ4v) is 4.96. The van der Waals surface area contributed by atoms with Gasteiger partial charge in [0.25, 0.3) is 5.56 Å². The molecule has 0 unspecified atom stereocenters. The van der Waals surface area contributed by atoms with E-state index in [1.54, 1.807) is 0 Å². The Labute approximate surface area is 179 Å². The summed E-state index contributed by atoms with van der Waals surface area (Å²) in [6.45, 7) is 4.52. The van der Waals surface area contributed by atoms with E-state index in [-0.39, 0.29) is 5.56 Å². The zero-order valence-corrected chi connectivity index (χ0v) is 17.7. The molecule has 150 valence electrons. The zero-order chi connectivity index (χ0) is 20.5. The highest BCUT2D eigenvalue weighted by Gasteiger charge is 2.22. The molecule has 0 aliphatic carbocycles. The van der Waals surface area contributed by atoms with Gasteiger partial charge < -0.3 is 4.98 Å². The van der Waals surface area contributed by atoms with E-state index in [0.29, 0.717) is 12.4 Å². The Kier molecular flexibility index (Phi) is 5.07. The summed E-state index contributed by atoms with van der Waals surface area (Å²) in [4.78, 5) is 25.4. The summed E-state index contributed by atoms with van der Waals surface area (Å²) in [5, 5.41) is 0. The Bertz CT molecular complexity index is 1230. The molecule has 0 bridgehead atoms. The van der Waals surface area contributed by atoms with Gasteiger partial charge in [-0.3, -0.25) is 9.69 Å². The molecule has 0 amide bonds. The Morgan fingerprint density at radius 2 is 1.80 bits per heavy atom. The van der Waals surface area contributed by atoms with E-state index in [0.717, 1.165) is 36.3 Å². The van der Waals surface area contributed by atoms with Crippen LogP contribution in [0, 0.1) is 6.92 Å². The predicted octanol–water partition coefficient (Wildman–Crippen LogP) is 5.03. The Morgan fingerprint density at radius 3 is 2.60 bits per heavy atom. The van der Waals surface area contributed by atoms with Crippen LogP contribution in [-0.2, 0) is 19.5 Å². The van der Waals surface area contributed by atoms with Crippen molar-refractivity contribution in [3.05, 3.63) is 98.8 Å². The molecular weight excluding hydrogens is 390 g/mol. The van der Waals surface area contributed by atoms with Gasteiger partial charge >= 0.3 is 0 Å². The minimum absolute atomic E-state index is 0.0184. The predicted molar refractivity (Wildman–Crippen MR) is 123 cm³/mol. The van der Waals surface area contributed by atoms with Gasteiger partial charge in [-0.2, -0.15) is 0 Å². The number of fused-ring (bicyclic) bond motifs is 1. The second-order valence-electron chi connectivity index (χ2n) is 7.80. The molecule has 0 spiro atoms. The van der Waals surface area contributed by atoms with Gasteiger partial charge in [-0.1, -0.05) is 60.2 Å². The van der Waals surface area contributed by atoms with E-state index in [2.05, 4.69) is 53.2 Å². The summed E-state index contributed by atoms with van der Waals surface area (Å²) in [6, 6.07) is 22.9. The van der Waals surface area contributed by atoms with Crippen molar-refractivity contribution < 1.29 is 0 Å². The molecule has 0 saturated carbocycles. The van der Waals surface area contributed by atoms with Crippen molar-refractivity contribution >= 4 is 11.3 Å². The van der Waals surface area contributed by atoms with Crippen molar-refractivity contribution in [2.75, 3.05) is 6.54 Å². The molecule has 1 N–H and O–H groups in total. The van der Waals surface area contributed by atoms with Crippen molar-refractivity contribution in [1.29, 1.82) is 0 Å². The van der Waals surface area contributed by atoms with Crippen LogP contribution < -0.4 is 5.56 Å². The molecular formula is C25H23N3OS. The molecule has 0 fully saturated rings. The third-order valence-electron chi connectivity index (χ3n) is 5.57. The highest BCUT2D eigenvalue weighted by atomic mass is 32.1. The van der Waals surface area contributed by atoms with E-state index < -0.39 is 0 Å². The van der Waals surface area contributed by atoms with Crippen molar-refractivity contribution in [1.82, 2.24) is 14.9 Å². The van der Waals surface area contributed by atoms with Crippen LogP contribution in [-0.4, -0.2) is 21.4 Å². The highest BCUT2D eigenvalue weighted by Crippen LogP contribution is 2.30. The first-order valence-electron chi connectivity index (χ1n) is 10.2.